The Hall–Kier alpha value is -2.27. The second-order valence-corrected chi connectivity index (χ2v) is 5.45. The van der Waals surface area contributed by atoms with Crippen LogP contribution in [-0.4, -0.2) is 30.0 Å². The summed E-state index contributed by atoms with van der Waals surface area (Å²) in [5, 5.41) is 0.597. The molecule has 2 rings (SSSR count). The third-order valence-corrected chi connectivity index (χ3v) is 3.63. The molecule has 0 aliphatic carbocycles. The van der Waals surface area contributed by atoms with E-state index in [0.29, 0.717) is 33.3 Å². The van der Waals surface area contributed by atoms with Gasteiger partial charge in [0, 0.05) is 16.3 Å². The number of aromatic nitrogens is 1. The lowest BCUT2D eigenvalue weighted by molar-refractivity contribution is 0.0519. The fourth-order valence-corrected chi connectivity index (χ4v) is 2.45. The first-order valence-electron chi connectivity index (χ1n) is 7.21. The SMILES string of the molecule is CCOC(=O)c1[nH]c(C)c(C(=O)COc2ccc(Cl)cc2)c1C. The van der Waals surface area contributed by atoms with E-state index >= 15 is 0 Å². The average Bonchev–Trinajstić information content (AvgIpc) is 2.82. The van der Waals surface area contributed by atoms with Crippen LogP contribution in [0.15, 0.2) is 24.3 Å². The third-order valence-electron chi connectivity index (χ3n) is 3.38. The topological polar surface area (TPSA) is 68.4 Å². The highest BCUT2D eigenvalue weighted by molar-refractivity contribution is 6.30. The monoisotopic (exact) mass is 335 g/mol. The number of H-pyrrole nitrogens is 1. The van der Waals surface area contributed by atoms with Crippen LogP contribution in [0, 0.1) is 13.8 Å². The van der Waals surface area contributed by atoms with E-state index in [2.05, 4.69) is 4.98 Å². The van der Waals surface area contributed by atoms with E-state index in [4.69, 9.17) is 21.1 Å². The van der Waals surface area contributed by atoms with Crippen molar-refractivity contribution in [3.8, 4) is 5.75 Å². The maximum Gasteiger partial charge on any atom is 0.355 e. The van der Waals surface area contributed by atoms with Crippen molar-refractivity contribution in [1.82, 2.24) is 4.98 Å². The highest BCUT2D eigenvalue weighted by Gasteiger charge is 2.22. The first kappa shape index (κ1) is 17.1. The predicted octanol–water partition coefficient (Wildman–Crippen LogP) is 3.72. The van der Waals surface area contributed by atoms with Crippen LogP contribution in [0.3, 0.4) is 0 Å². The maximum absolute atomic E-state index is 12.4. The Bertz CT molecular complexity index is 719. The molecule has 0 unspecified atom stereocenters. The number of carbonyl (C=O) groups excluding carboxylic acids is 2. The summed E-state index contributed by atoms with van der Waals surface area (Å²) in [6.07, 6.45) is 0. The standard InChI is InChI=1S/C17H18ClNO4/c1-4-22-17(21)16-10(2)15(11(3)19-16)14(20)9-23-13-7-5-12(18)6-8-13/h5-8,19H,4,9H2,1-3H3. The number of carbonyl (C=O) groups is 2. The maximum atomic E-state index is 12.4. The number of ether oxygens (including phenoxy) is 2. The molecule has 1 aromatic heterocycles. The van der Waals surface area contributed by atoms with Gasteiger partial charge in [0.25, 0.3) is 0 Å². The van der Waals surface area contributed by atoms with Gasteiger partial charge >= 0.3 is 5.97 Å². The Morgan fingerprint density at radius 1 is 1.17 bits per heavy atom. The molecule has 0 fully saturated rings. The average molecular weight is 336 g/mol. The number of nitrogens with one attached hydrogen (secondary N) is 1. The van der Waals surface area contributed by atoms with E-state index in [1.54, 1.807) is 45.0 Å². The number of ketones is 1. The van der Waals surface area contributed by atoms with Crippen molar-refractivity contribution in [2.24, 2.45) is 0 Å². The normalized spacial score (nSPS) is 10.4. The van der Waals surface area contributed by atoms with Crippen molar-refractivity contribution in [3.05, 3.63) is 51.8 Å². The lowest BCUT2D eigenvalue weighted by Gasteiger charge is -2.06. The Labute approximate surface area is 139 Å². The highest BCUT2D eigenvalue weighted by atomic mass is 35.5. The van der Waals surface area contributed by atoms with Crippen LogP contribution in [0.25, 0.3) is 0 Å². The summed E-state index contributed by atoms with van der Waals surface area (Å²) in [4.78, 5) is 27.2. The molecule has 23 heavy (non-hydrogen) atoms. The lowest BCUT2D eigenvalue weighted by Crippen LogP contribution is -2.13. The number of hydrogen-bond acceptors (Lipinski definition) is 4. The van der Waals surface area contributed by atoms with E-state index in [-0.39, 0.29) is 19.0 Å². The number of aryl methyl sites for hydroxylation is 1. The summed E-state index contributed by atoms with van der Waals surface area (Å²) in [6, 6.07) is 6.76. The molecule has 1 N–H and O–H groups in total. The Balaban J connectivity index is 2.13. The van der Waals surface area contributed by atoms with Crippen molar-refractivity contribution < 1.29 is 19.1 Å². The fraction of sp³-hybridized carbons (Fsp3) is 0.294. The highest BCUT2D eigenvalue weighted by Crippen LogP contribution is 2.21. The van der Waals surface area contributed by atoms with Gasteiger partial charge in [-0.1, -0.05) is 11.6 Å². The molecule has 0 aliphatic rings. The quantitative estimate of drug-likeness (QED) is 0.645. The van der Waals surface area contributed by atoms with Gasteiger partial charge in [0.1, 0.15) is 11.4 Å². The van der Waals surface area contributed by atoms with Crippen molar-refractivity contribution >= 4 is 23.4 Å². The zero-order valence-corrected chi connectivity index (χ0v) is 14.0. The second-order valence-electron chi connectivity index (χ2n) is 5.01. The van der Waals surface area contributed by atoms with Gasteiger partial charge in [-0.25, -0.2) is 4.79 Å². The number of esters is 1. The van der Waals surface area contributed by atoms with E-state index < -0.39 is 5.97 Å². The van der Waals surface area contributed by atoms with Crippen LogP contribution in [0.1, 0.15) is 39.0 Å². The molecule has 1 heterocycles. The van der Waals surface area contributed by atoms with E-state index in [0.717, 1.165) is 0 Å². The van der Waals surface area contributed by atoms with Gasteiger partial charge in [0.15, 0.2) is 6.61 Å². The van der Waals surface area contributed by atoms with Gasteiger partial charge in [0.2, 0.25) is 5.78 Å². The lowest BCUT2D eigenvalue weighted by atomic mass is 10.1. The minimum atomic E-state index is -0.467. The number of halogens is 1. The fourth-order valence-electron chi connectivity index (χ4n) is 2.33. The van der Waals surface area contributed by atoms with Crippen LogP contribution in [-0.2, 0) is 4.74 Å². The van der Waals surface area contributed by atoms with Gasteiger partial charge in [-0.15, -0.1) is 0 Å². The van der Waals surface area contributed by atoms with Gasteiger partial charge in [0.05, 0.1) is 6.61 Å². The van der Waals surface area contributed by atoms with Crippen LogP contribution >= 0.6 is 11.6 Å². The molecular formula is C17H18ClNO4. The van der Waals surface area contributed by atoms with Crippen LogP contribution in [0.5, 0.6) is 5.75 Å². The molecule has 0 atom stereocenters. The first-order valence-corrected chi connectivity index (χ1v) is 7.59. The molecule has 2 aromatic rings. The van der Waals surface area contributed by atoms with Crippen molar-refractivity contribution in [3.63, 3.8) is 0 Å². The molecule has 0 saturated heterocycles. The van der Waals surface area contributed by atoms with Crippen LogP contribution < -0.4 is 4.74 Å². The zero-order chi connectivity index (χ0) is 17.0. The minimum absolute atomic E-state index is 0.122. The molecule has 5 nitrogen and oxygen atoms in total. The number of rotatable bonds is 6. The smallest absolute Gasteiger partial charge is 0.355 e. The number of Topliss-reactive ketones (excluding diaryl/α,β-unsaturated/α-hetero) is 1. The molecular weight excluding hydrogens is 318 g/mol. The van der Waals surface area contributed by atoms with Crippen molar-refractivity contribution in [1.29, 1.82) is 0 Å². The molecule has 0 amide bonds. The van der Waals surface area contributed by atoms with Crippen molar-refractivity contribution in [2.75, 3.05) is 13.2 Å². The van der Waals surface area contributed by atoms with E-state index in [9.17, 15) is 9.59 Å². The van der Waals surface area contributed by atoms with Gasteiger partial charge in [-0.3, -0.25) is 4.79 Å². The summed E-state index contributed by atoms with van der Waals surface area (Å²) in [5.41, 5.74) is 1.96. The Kier molecular flexibility index (Phi) is 5.45. The van der Waals surface area contributed by atoms with Crippen LogP contribution in [0.4, 0.5) is 0 Å². The summed E-state index contributed by atoms with van der Waals surface area (Å²) in [5.74, 6) is -0.119. The number of aromatic amines is 1. The second kappa shape index (κ2) is 7.33. The van der Waals surface area contributed by atoms with Crippen molar-refractivity contribution in [2.45, 2.75) is 20.8 Å². The largest absolute Gasteiger partial charge is 0.485 e. The van der Waals surface area contributed by atoms with E-state index in [1.165, 1.54) is 0 Å². The molecule has 0 spiro atoms. The molecule has 6 heteroatoms. The Morgan fingerprint density at radius 3 is 2.43 bits per heavy atom. The molecule has 0 saturated carbocycles. The third kappa shape index (κ3) is 3.93. The zero-order valence-electron chi connectivity index (χ0n) is 13.2. The minimum Gasteiger partial charge on any atom is -0.485 e. The first-order chi connectivity index (χ1) is 10.9. The Morgan fingerprint density at radius 2 is 1.83 bits per heavy atom. The van der Waals surface area contributed by atoms with Crippen LogP contribution in [0.2, 0.25) is 5.02 Å². The summed E-state index contributed by atoms with van der Waals surface area (Å²) < 4.78 is 10.4. The number of hydrogen-bond donors (Lipinski definition) is 1. The predicted molar refractivity (Wildman–Crippen MR) is 87.5 cm³/mol. The molecule has 0 radical (unpaired) electrons. The van der Waals surface area contributed by atoms with Gasteiger partial charge in [-0.2, -0.15) is 0 Å². The molecule has 0 aliphatic heterocycles. The molecule has 122 valence electrons. The van der Waals surface area contributed by atoms with Gasteiger partial charge < -0.3 is 14.5 Å². The molecule has 1 aromatic carbocycles. The van der Waals surface area contributed by atoms with Gasteiger partial charge in [-0.05, 0) is 50.6 Å². The summed E-state index contributed by atoms with van der Waals surface area (Å²) in [7, 11) is 0. The number of benzene rings is 1. The molecule has 0 bridgehead atoms. The summed E-state index contributed by atoms with van der Waals surface area (Å²) in [6.45, 7) is 5.34. The van der Waals surface area contributed by atoms with E-state index in [1.807, 2.05) is 0 Å². The summed E-state index contributed by atoms with van der Waals surface area (Å²) >= 11 is 5.80.